The van der Waals surface area contributed by atoms with Crippen molar-refractivity contribution in [3.63, 3.8) is 0 Å². The van der Waals surface area contributed by atoms with Gasteiger partial charge in [0.05, 0.1) is 19.4 Å². The molecule has 1 amide bonds. The van der Waals surface area contributed by atoms with Gasteiger partial charge in [-0.05, 0) is 17.7 Å². The van der Waals surface area contributed by atoms with Crippen molar-refractivity contribution < 1.29 is 19.4 Å². The van der Waals surface area contributed by atoms with Gasteiger partial charge in [0.15, 0.2) is 0 Å². The van der Waals surface area contributed by atoms with Crippen LogP contribution in [0.5, 0.6) is 5.75 Å². The first-order valence-corrected chi connectivity index (χ1v) is 7.00. The highest BCUT2D eigenvalue weighted by molar-refractivity contribution is 7.99. The lowest BCUT2D eigenvalue weighted by atomic mass is 10.1. The molecule has 0 aliphatic carbocycles. The Morgan fingerprint density at radius 2 is 2.11 bits per heavy atom. The van der Waals surface area contributed by atoms with Crippen molar-refractivity contribution in [1.82, 2.24) is 4.90 Å². The van der Waals surface area contributed by atoms with Crippen LogP contribution in [0.4, 0.5) is 0 Å². The minimum absolute atomic E-state index is 0.150. The quantitative estimate of drug-likeness (QED) is 0.899. The van der Waals surface area contributed by atoms with Crippen molar-refractivity contribution >= 4 is 23.6 Å². The van der Waals surface area contributed by atoms with Crippen molar-refractivity contribution in [2.45, 2.75) is 12.5 Å². The molecule has 5 nitrogen and oxygen atoms in total. The molecule has 1 heterocycles. The average Bonchev–Trinajstić information content (AvgIpc) is 2.89. The van der Waals surface area contributed by atoms with Gasteiger partial charge < -0.3 is 14.7 Å². The minimum Gasteiger partial charge on any atom is -0.497 e. The van der Waals surface area contributed by atoms with E-state index in [9.17, 15) is 9.59 Å². The molecule has 19 heavy (non-hydrogen) atoms. The molecule has 1 N–H and O–H groups in total. The number of hydrogen-bond donors (Lipinski definition) is 1. The second-order valence-corrected chi connectivity index (χ2v) is 5.24. The van der Waals surface area contributed by atoms with Gasteiger partial charge in [-0.15, -0.1) is 11.8 Å². The third kappa shape index (κ3) is 3.20. The van der Waals surface area contributed by atoms with E-state index in [1.54, 1.807) is 19.2 Å². The summed E-state index contributed by atoms with van der Waals surface area (Å²) in [6, 6.07) is 6.51. The Balaban J connectivity index is 2.01. The van der Waals surface area contributed by atoms with Crippen LogP contribution in [-0.2, 0) is 16.0 Å². The van der Waals surface area contributed by atoms with Crippen LogP contribution >= 0.6 is 11.8 Å². The summed E-state index contributed by atoms with van der Waals surface area (Å²) in [6.45, 7) is 0. The van der Waals surface area contributed by atoms with Crippen LogP contribution in [0.15, 0.2) is 24.3 Å². The van der Waals surface area contributed by atoms with E-state index in [0.717, 1.165) is 11.3 Å². The van der Waals surface area contributed by atoms with Crippen LogP contribution < -0.4 is 4.74 Å². The van der Waals surface area contributed by atoms with Crippen molar-refractivity contribution in [3.8, 4) is 5.75 Å². The maximum Gasteiger partial charge on any atom is 0.327 e. The maximum atomic E-state index is 12.1. The zero-order valence-electron chi connectivity index (χ0n) is 10.5. The lowest BCUT2D eigenvalue weighted by molar-refractivity contribution is -0.147. The summed E-state index contributed by atoms with van der Waals surface area (Å²) in [5, 5.41) is 9.04. The number of nitrogens with zero attached hydrogens (tertiary/aromatic N) is 1. The molecule has 0 bridgehead atoms. The summed E-state index contributed by atoms with van der Waals surface area (Å²) in [5.74, 6) is 0.558. The predicted molar refractivity (Wildman–Crippen MR) is 72.3 cm³/mol. The van der Waals surface area contributed by atoms with Gasteiger partial charge in [-0.3, -0.25) is 4.79 Å². The van der Waals surface area contributed by atoms with Crippen molar-refractivity contribution in [1.29, 1.82) is 0 Å². The van der Waals surface area contributed by atoms with E-state index in [0.29, 0.717) is 11.6 Å². The number of carbonyl (C=O) groups excluding carboxylic acids is 1. The van der Waals surface area contributed by atoms with Crippen LogP contribution in [0.2, 0.25) is 0 Å². The summed E-state index contributed by atoms with van der Waals surface area (Å²) >= 11 is 1.47. The molecule has 102 valence electrons. The van der Waals surface area contributed by atoms with E-state index < -0.39 is 12.0 Å². The molecule has 0 saturated carbocycles. The van der Waals surface area contributed by atoms with E-state index in [4.69, 9.17) is 9.84 Å². The predicted octanol–water partition coefficient (Wildman–Crippen LogP) is 1.22. The molecular weight excluding hydrogens is 266 g/mol. The largest absolute Gasteiger partial charge is 0.497 e. The number of hydrogen-bond acceptors (Lipinski definition) is 4. The fourth-order valence-electron chi connectivity index (χ4n) is 1.91. The molecule has 1 aromatic carbocycles. The minimum atomic E-state index is -0.937. The number of thioether (sulfide) groups is 1. The Hall–Kier alpha value is -1.69. The summed E-state index contributed by atoms with van der Waals surface area (Å²) < 4.78 is 5.05. The van der Waals surface area contributed by atoms with E-state index in [1.165, 1.54) is 16.7 Å². The van der Waals surface area contributed by atoms with Gasteiger partial charge in [-0.2, -0.15) is 0 Å². The Morgan fingerprint density at radius 1 is 1.42 bits per heavy atom. The highest BCUT2D eigenvalue weighted by Crippen LogP contribution is 2.22. The number of carboxylic acid groups (broad SMARTS) is 1. The normalized spacial score (nSPS) is 18.4. The van der Waals surface area contributed by atoms with Gasteiger partial charge in [0.2, 0.25) is 5.91 Å². The van der Waals surface area contributed by atoms with Crippen LogP contribution in [0.1, 0.15) is 5.56 Å². The lowest BCUT2D eigenvalue weighted by Gasteiger charge is -2.20. The molecule has 6 heteroatoms. The molecule has 0 spiro atoms. The van der Waals surface area contributed by atoms with Crippen molar-refractivity contribution in [2.75, 3.05) is 18.7 Å². The SMILES string of the molecule is COc1ccc(CC(=O)N2CSC[C@H]2C(=O)O)cc1. The number of ether oxygens (including phenoxy) is 1. The molecule has 0 radical (unpaired) electrons. The molecule has 1 aromatic rings. The first-order valence-electron chi connectivity index (χ1n) is 5.85. The van der Waals surface area contributed by atoms with Crippen LogP contribution in [0, 0.1) is 0 Å². The topological polar surface area (TPSA) is 66.8 Å². The smallest absolute Gasteiger partial charge is 0.327 e. The monoisotopic (exact) mass is 281 g/mol. The number of benzene rings is 1. The Labute approximate surface area is 115 Å². The second-order valence-electron chi connectivity index (χ2n) is 4.24. The van der Waals surface area contributed by atoms with Gasteiger partial charge in [0.1, 0.15) is 11.8 Å². The lowest BCUT2D eigenvalue weighted by Crippen LogP contribution is -2.42. The molecule has 1 atom stereocenters. The molecule has 1 aliphatic heterocycles. The van der Waals surface area contributed by atoms with E-state index in [2.05, 4.69) is 0 Å². The molecule has 2 rings (SSSR count). The molecule has 0 unspecified atom stereocenters. The first-order chi connectivity index (χ1) is 9.11. The van der Waals surface area contributed by atoms with E-state index >= 15 is 0 Å². The van der Waals surface area contributed by atoms with Gasteiger partial charge >= 0.3 is 5.97 Å². The number of amides is 1. The maximum absolute atomic E-state index is 12.1. The molecule has 1 aliphatic rings. The van der Waals surface area contributed by atoms with Gasteiger partial charge in [0.25, 0.3) is 0 Å². The molecular formula is C13H15NO4S. The zero-order chi connectivity index (χ0) is 13.8. The van der Waals surface area contributed by atoms with Crippen LogP contribution in [0.25, 0.3) is 0 Å². The number of methoxy groups -OCH3 is 1. The van der Waals surface area contributed by atoms with Gasteiger partial charge in [0, 0.05) is 5.75 Å². The highest BCUT2D eigenvalue weighted by Gasteiger charge is 2.34. The van der Waals surface area contributed by atoms with E-state index in [1.807, 2.05) is 12.1 Å². The number of aliphatic carboxylic acids is 1. The number of carbonyl (C=O) groups is 2. The third-order valence-corrected chi connectivity index (χ3v) is 4.01. The molecule has 1 fully saturated rings. The van der Waals surface area contributed by atoms with Gasteiger partial charge in [-0.25, -0.2) is 4.79 Å². The summed E-state index contributed by atoms with van der Waals surface area (Å²) in [6.07, 6.45) is 0.217. The standard InChI is InChI=1S/C13H15NO4S/c1-18-10-4-2-9(3-5-10)6-12(15)14-8-19-7-11(14)13(16)17/h2-5,11H,6-8H2,1H3,(H,16,17)/t11-/m0/s1. The Bertz CT molecular complexity index is 474. The fraction of sp³-hybridized carbons (Fsp3) is 0.385. The Morgan fingerprint density at radius 3 is 2.68 bits per heavy atom. The van der Waals surface area contributed by atoms with E-state index in [-0.39, 0.29) is 12.3 Å². The number of carboxylic acids is 1. The Kier molecular flexibility index (Phi) is 4.31. The highest BCUT2D eigenvalue weighted by atomic mass is 32.2. The average molecular weight is 281 g/mol. The van der Waals surface area contributed by atoms with Crippen LogP contribution in [0.3, 0.4) is 0 Å². The molecule has 0 aromatic heterocycles. The van der Waals surface area contributed by atoms with Gasteiger partial charge in [-0.1, -0.05) is 12.1 Å². The number of rotatable bonds is 4. The summed E-state index contributed by atoms with van der Waals surface area (Å²) in [5.41, 5.74) is 0.854. The first kappa shape index (κ1) is 13.7. The second kappa shape index (κ2) is 5.97. The third-order valence-electron chi connectivity index (χ3n) is 3.00. The van der Waals surface area contributed by atoms with Crippen molar-refractivity contribution in [2.24, 2.45) is 0 Å². The fourth-order valence-corrected chi connectivity index (χ4v) is 3.08. The summed E-state index contributed by atoms with van der Waals surface area (Å²) in [4.78, 5) is 24.6. The van der Waals surface area contributed by atoms with Crippen LogP contribution in [-0.4, -0.2) is 46.7 Å². The zero-order valence-corrected chi connectivity index (χ0v) is 11.4. The molecule has 1 saturated heterocycles. The van der Waals surface area contributed by atoms with Crippen molar-refractivity contribution in [3.05, 3.63) is 29.8 Å². The summed E-state index contributed by atoms with van der Waals surface area (Å²) in [7, 11) is 1.58.